The van der Waals surface area contributed by atoms with Gasteiger partial charge in [0.05, 0.1) is 23.5 Å². The molecule has 0 aromatic heterocycles. The average molecular weight is 250 g/mol. The lowest BCUT2D eigenvalue weighted by molar-refractivity contribution is 0.0526. The van der Waals surface area contributed by atoms with Crippen molar-refractivity contribution in [3.63, 3.8) is 0 Å². The van der Waals surface area contributed by atoms with Gasteiger partial charge >= 0.3 is 5.97 Å². The van der Waals surface area contributed by atoms with E-state index in [0.717, 1.165) is 18.5 Å². The fourth-order valence-electron chi connectivity index (χ4n) is 1.74. The molecule has 0 atom stereocenters. The maximum Gasteiger partial charge on any atom is 0.338 e. The highest BCUT2D eigenvalue weighted by Crippen LogP contribution is 2.22. The van der Waals surface area contributed by atoms with Crippen molar-refractivity contribution in [2.45, 2.75) is 39.7 Å². The Morgan fingerprint density at radius 2 is 2.00 bits per heavy atom. The molecular weight excluding hydrogens is 228 g/mol. The van der Waals surface area contributed by atoms with E-state index in [9.17, 15) is 4.79 Å². The van der Waals surface area contributed by atoms with Crippen LogP contribution in [0.2, 0.25) is 0 Å². The van der Waals surface area contributed by atoms with Crippen LogP contribution < -0.4 is 11.1 Å². The first-order valence-corrected chi connectivity index (χ1v) is 6.45. The number of esters is 1. The van der Waals surface area contributed by atoms with Gasteiger partial charge in [0.2, 0.25) is 0 Å². The Labute approximate surface area is 109 Å². The van der Waals surface area contributed by atoms with Crippen LogP contribution >= 0.6 is 0 Å². The Balaban J connectivity index is 2.90. The first-order valence-electron chi connectivity index (χ1n) is 6.45. The highest BCUT2D eigenvalue weighted by molar-refractivity contribution is 5.92. The minimum absolute atomic E-state index is 0.315. The molecule has 4 nitrogen and oxygen atoms in total. The Bertz CT molecular complexity index is 401. The normalized spacial score (nSPS) is 10.4. The van der Waals surface area contributed by atoms with Crippen LogP contribution in [0.3, 0.4) is 0 Å². The van der Waals surface area contributed by atoms with Crippen molar-refractivity contribution in [1.29, 1.82) is 0 Å². The second-order valence-electron chi connectivity index (χ2n) is 4.18. The van der Waals surface area contributed by atoms with E-state index in [1.807, 2.05) is 0 Å². The highest BCUT2D eigenvalue weighted by atomic mass is 16.5. The first kappa shape index (κ1) is 14.4. The molecule has 0 aliphatic rings. The maximum absolute atomic E-state index is 11.6. The van der Waals surface area contributed by atoms with Gasteiger partial charge in [0.1, 0.15) is 0 Å². The zero-order valence-corrected chi connectivity index (χ0v) is 11.3. The third-order valence-corrected chi connectivity index (χ3v) is 2.91. The highest BCUT2D eigenvalue weighted by Gasteiger charge is 2.11. The van der Waals surface area contributed by atoms with E-state index in [0.29, 0.717) is 23.9 Å². The van der Waals surface area contributed by atoms with E-state index in [4.69, 9.17) is 10.5 Å². The molecule has 0 aliphatic carbocycles. The summed E-state index contributed by atoms with van der Waals surface area (Å²) in [6, 6.07) is 5.54. The van der Waals surface area contributed by atoms with Crippen LogP contribution in [0.15, 0.2) is 18.2 Å². The molecule has 0 unspecified atom stereocenters. The lowest BCUT2D eigenvalue weighted by Gasteiger charge is -2.18. The molecule has 3 N–H and O–H groups in total. The number of nitrogens with two attached hydrogens (primary N) is 1. The Hall–Kier alpha value is -1.71. The standard InChI is InChI=1S/C14H22N2O2/c1-4-11(5-2)16-13-9-10(7-8-12(13)15)14(17)18-6-3/h7-9,11,16H,4-6,15H2,1-3H3. The SMILES string of the molecule is CCOC(=O)c1ccc(N)c(NC(CC)CC)c1. The number of hydrogen-bond acceptors (Lipinski definition) is 4. The fourth-order valence-corrected chi connectivity index (χ4v) is 1.74. The largest absolute Gasteiger partial charge is 0.462 e. The summed E-state index contributed by atoms with van der Waals surface area (Å²) in [5, 5.41) is 3.35. The fraction of sp³-hybridized carbons (Fsp3) is 0.500. The van der Waals surface area contributed by atoms with E-state index in [1.54, 1.807) is 25.1 Å². The van der Waals surface area contributed by atoms with Crippen LogP contribution in [0, 0.1) is 0 Å². The molecular formula is C14H22N2O2. The predicted molar refractivity (Wildman–Crippen MR) is 74.8 cm³/mol. The van der Waals surface area contributed by atoms with Crippen molar-refractivity contribution >= 4 is 17.3 Å². The molecule has 0 saturated carbocycles. The third-order valence-electron chi connectivity index (χ3n) is 2.91. The summed E-state index contributed by atoms with van der Waals surface area (Å²) in [5.41, 5.74) is 7.88. The number of hydrogen-bond donors (Lipinski definition) is 2. The summed E-state index contributed by atoms with van der Waals surface area (Å²) in [5.74, 6) is -0.315. The van der Waals surface area contributed by atoms with Crippen molar-refractivity contribution < 1.29 is 9.53 Å². The molecule has 0 spiro atoms. The molecule has 0 bridgehead atoms. The number of benzene rings is 1. The van der Waals surface area contributed by atoms with E-state index >= 15 is 0 Å². The molecule has 1 aromatic carbocycles. The number of nitrogen functional groups attached to an aromatic ring is 1. The smallest absolute Gasteiger partial charge is 0.338 e. The van der Waals surface area contributed by atoms with Gasteiger partial charge in [-0.2, -0.15) is 0 Å². The molecule has 1 aromatic rings. The average Bonchev–Trinajstić information content (AvgIpc) is 2.38. The van der Waals surface area contributed by atoms with Crippen LogP contribution in [-0.4, -0.2) is 18.6 Å². The Morgan fingerprint density at radius 3 is 2.56 bits per heavy atom. The summed E-state index contributed by atoms with van der Waals surface area (Å²) >= 11 is 0. The molecule has 18 heavy (non-hydrogen) atoms. The van der Waals surface area contributed by atoms with Crippen molar-refractivity contribution in [2.75, 3.05) is 17.7 Å². The zero-order valence-electron chi connectivity index (χ0n) is 11.3. The maximum atomic E-state index is 11.6. The lowest BCUT2D eigenvalue weighted by atomic mass is 10.1. The summed E-state index contributed by atoms with van der Waals surface area (Å²) in [6.07, 6.45) is 2.03. The molecule has 0 saturated heterocycles. The van der Waals surface area contributed by atoms with Gasteiger partial charge < -0.3 is 15.8 Å². The number of ether oxygens (including phenoxy) is 1. The minimum Gasteiger partial charge on any atom is -0.462 e. The number of carbonyl (C=O) groups excluding carboxylic acids is 1. The molecule has 4 heteroatoms. The monoisotopic (exact) mass is 250 g/mol. The quantitative estimate of drug-likeness (QED) is 0.601. The van der Waals surface area contributed by atoms with Gasteiger partial charge in [0, 0.05) is 6.04 Å². The van der Waals surface area contributed by atoms with Gasteiger partial charge in [-0.3, -0.25) is 0 Å². The van der Waals surface area contributed by atoms with E-state index in [1.165, 1.54) is 0 Å². The molecule has 100 valence electrons. The van der Waals surface area contributed by atoms with Crippen LogP contribution in [0.4, 0.5) is 11.4 Å². The van der Waals surface area contributed by atoms with Crippen LogP contribution in [0.5, 0.6) is 0 Å². The van der Waals surface area contributed by atoms with Crippen molar-refractivity contribution in [3.05, 3.63) is 23.8 Å². The van der Waals surface area contributed by atoms with Crippen LogP contribution in [-0.2, 0) is 4.74 Å². The molecule has 0 heterocycles. The number of rotatable bonds is 6. The number of anilines is 2. The summed E-state index contributed by atoms with van der Waals surface area (Å²) in [7, 11) is 0. The van der Waals surface area contributed by atoms with E-state index < -0.39 is 0 Å². The predicted octanol–water partition coefficient (Wildman–Crippen LogP) is 3.05. The van der Waals surface area contributed by atoms with E-state index in [-0.39, 0.29) is 5.97 Å². The Kier molecular flexibility index (Phi) is 5.49. The van der Waals surface area contributed by atoms with Gasteiger partial charge in [0.25, 0.3) is 0 Å². The second-order valence-corrected chi connectivity index (χ2v) is 4.18. The topological polar surface area (TPSA) is 64.3 Å². The second kappa shape index (κ2) is 6.89. The molecule has 0 radical (unpaired) electrons. The minimum atomic E-state index is -0.315. The third kappa shape index (κ3) is 3.65. The van der Waals surface area contributed by atoms with Crippen LogP contribution in [0.25, 0.3) is 0 Å². The van der Waals surface area contributed by atoms with Crippen molar-refractivity contribution in [1.82, 2.24) is 0 Å². The van der Waals surface area contributed by atoms with E-state index in [2.05, 4.69) is 19.2 Å². The summed E-state index contributed by atoms with van der Waals surface area (Å²) in [4.78, 5) is 11.6. The zero-order chi connectivity index (χ0) is 13.5. The van der Waals surface area contributed by atoms with Gasteiger partial charge in [-0.1, -0.05) is 13.8 Å². The first-order chi connectivity index (χ1) is 8.62. The molecule has 0 aliphatic heterocycles. The molecule has 0 fully saturated rings. The summed E-state index contributed by atoms with van der Waals surface area (Å²) < 4.78 is 4.97. The Morgan fingerprint density at radius 1 is 1.33 bits per heavy atom. The van der Waals surface area contributed by atoms with Gasteiger partial charge in [-0.15, -0.1) is 0 Å². The molecule has 1 rings (SSSR count). The van der Waals surface area contributed by atoms with Gasteiger partial charge in [-0.25, -0.2) is 4.79 Å². The molecule has 0 amide bonds. The number of nitrogens with one attached hydrogen (secondary N) is 1. The summed E-state index contributed by atoms with van der Waals surface area (Å²) in [6.45, 7) is 6.40. The number of carbonyl (C=O) groups is 1. The lowest BCUT2D eigenvalue weighted by Crippen LogP contribution is -2.18. The van der Waals surface area contributed by atoms with Gasteiger partial charge in [-0.05, 0) is 38.0 Å². The van der Waals surface area contributed by atoms with Crippen molar-refractivity contribution in [3.8, 4) is 0 Å². The van der Waals surface area contributed by atoms with Crippen molar-refractivity contribution in [2.24, 2.45) is 0 Å². The van der Waals surface area contributed by atoms with Gasteiger partial charge in [0.15, 0.2) is 0 Å². The van der Waals surface area contributed by atoms with Crippen LogP contribution in [0.1, 0.15) is 44.0 Å².